The third kappa shape index (κ3) is 5.41. The maximum Gasteiger partial charge on any atom is 0.335 e. The van der Waals surface area contributed by atoms with Crippen LogP contribution in [0.3, 0.4) is 0 Å². The number of methoxy groups -OCH3 is 1. The van der Waals surface area contributed by atoms with Gasteiger partial charge in [0, 0.05) is 18.0 Å². The molecule has 34 heavy (non-hydrogen) atoms. The fraction of sp³-hybridized carbons (Fsp3) is 0.552. The molecule has 1 aliphatic carbocycles. The van der Waals surface area contributed by atoms with Crippen LogP contribution in [0.25, 0.3) is 0 Å². The summed E-state index contributed by atoms with van der Waals surface area (Å²) in [7, 11) is 1.74. The molecule has 4 rings (SSSR count). The summed E-state index contributed by atoms with van der Waals surface area (Å²) in [6.45, 7) is 9.94. The van der Waals surface area contributed by atoms with Crippen molar-refractivity contribution in [3.05, 3.63) is 59.2 Å². The van der Waals surface area contributed by atoms with Crippen molar-refractivity contribution < 1.29 is 19.4 Å². The molecule has 0 spiro atoms. The highest BCUT2D eigenvalue weighted by atomic mass is 16.5. The van der Waals surface area contributed by atoms with Crippen LogP contribution in [-0.2, 0) is 11.8 Å². The summed E-state index contributed by atoms with van der Waals surface area (Å²) in [5.74, 6) is 2.02. The third-order valence-corrected chi connectivity index (χ3v) is 8.05. The molecule has 0 aromatic heterocycles. The predicted molar refractivity (Wildman–Crippen MR) is 135 cm³/mol. The Morgan fingerprint density at radius 2 is 1.85 bits per heavy atom. The lowest BCUT2D eigenvalue weighted by molar-refractivity contribution is 0.0697. The second-order valence-electron chi connectivity index (χ2n) is 10.5. The highest BCUT2D eigenvalue weighted by Gasteiger charge is 2.40. The average molecular weight is 466 g/mol. The predicted octanol–water partition coefficient (Wildman–Crippen LogP) is 5.80. The summed E-state index contributed by atoms with van der Waals surface area (Å²) in [4.78, 5) is 13.9. The van der Waals surface area contributed by atoms with Crippen molar-refractivity contribution in [3.63, 3.8) is 0 Å². The zero-order valence-corrected chi connectivity index (χ0v) is 21.0. The quantitative estimate of drug-likeness (QED) is 0.507. The van der Waals surface area contributed by atoms with Gasteiger partial charge in [-0.2, -0.15) is 0 Å². The Labute approximate surface area is 204 Å². The second-order valence-corrected chi connectivity index (χ2v) is 10.5. The van der Waals surface area contributed by atoms with Gasteiger partial charge in [0.25, 0.3) is 0 Å². The monoisotopic (exact) mass is 465 g/mol. The molecule has 2 aromatic rings. The minimum absolute atomic E-state index is 0.0210. The molecule has 0 radical (unpaired) electrons. The smallest absolute Gasteiger partial charge is 0.335 e. The van der Waals surface area contributed by atoms with Gasteiger partial charge in [0.1, 0.15) is 11.5 Å². The van der Waals surface area contributed by atoms with Crippen LogP contribution >= 0.6 is 0 Å². The fourth-order valence-corrected chi connectivity index (χ4v) is 5.57. The summed E-state index contributed by atoms with van der Waals surface area (Å²) in [5, 5.41) is 9.15. The minimum Gasteiger partial charge on any atom is -0.497 e. The van der Waals surface area contributed by atoms with Gasteiger partial charge in [0.15, 0.2) is 0 Å². The summed E-state index contributed by atoms with van der Waals surface area (Å²) in [6, 6.07) is 13.9. The van der Waals surface area contributed by atoms with Crippen LogP contribution in [-0.4, -0.2) is 48.8 Å². The zero-order chi connectivity index (χ0) is 24.3. The molecule has 184 valence electrons. The fourth-order valence-electron chi connectivity index (χ4n) is 5.57. The van der Waals surface area contributed by atoms with E-state index < -0.39 is 5.97 Å². The van der Waals surface area contributed by atoms with Gasteiger partial charge in [-0.15, -0.1) is 0 Å². The number of carboxylic acids is 1. The SMILES string of the molecule is COc1ccc2c(c1)[C@](CCOc1ccc(C(=O)O)cc1)(C(C)C)CCN(CC1CC1)[C@@H](C)C2. The van der Waals surface area contributed by atoms with Crippen molar-refractivity contribution in [2.24, 2.45) is 11.8 Å². The molecule has 5 heteroatoms. The summed E-state index contributed by atoms with van der Waals surface area (Å²) in [6.07, 6.45) is 5.79. The first-order valence-corrected chi connectivity index (χ1v) is 12.7. The van der Waals surface area contributed by atoms with E-state index in [1.165, 1.54) is 30.5 Å². The number of hydrogen-bond donors (Lipinski definition) is 1. The van der Waals surface area contributed by atoms with Crippen LogP contribution in [0, 0.1) is 11.8 Å². The van der Waals surface area contributed by atoms with Crippen LogP contribution in [0.15, 0.2) is 42.5 Å². The Bertz CT molecular complexity index is 982. The molecule has 2 aliphatic rings. The van der Waals surface area contributed by atoms with Crippen molar-refractivity contribution in [1.29, 1.82) is 0 Å². The summed E-state index contributed by atoms with van der Waals surface area (Å²) >= 11 is 0. The molecular formula is C29H39NO4. The number of ether oxygens (including phenoxy) is 2. The number of carbonyl (C=O) groups is 1. The van der Waals surface area contributed by atoms with Crippen molar-refractivity contribution in [2.75, 3.05) is 26.8 Å². The molecule has 2 aromatic carbocycles. The number of hydrogen-bond acceptors (Lipinski definition) is 4. The van der Waals surface area contributed by atoms with Gasteiger partial charge in [-0.05, 0) is 105 Å². The molecule has 1 aliphatic heterocycles. The van der Waals surface area contributed by atoms with Gasteiger partial charge >= 0.3 is 5.97 Å². The molecule has 1 fully saturated rings. The van der Waals surface area contributed by atoms with Crippen molar-refractivity contribution >= 4 is 5.97 Å². The molecule has 1 heterocycles. The van der Waals surface area contributed by atoms with Crippen molar-refractivity contribution in [1.82, 2.24) is 4.90 Å². The lowest BCUT2D eigenvalue weighted by Crippen LogP contribution is -2.45. The number of rotatable bonds is 9. The van der Waals surface area contributed by atoms with Crippen LogP contribution in [0.2, 0.25) is 0 Å². The Balaban J connectivity index is 1.60. The van der Waals surface area contributed by atoms with Crippen LogP contribution in [0.5, 0.6) is 11.5 Å². The molecule has 5 nitrogen and oxygen atoms in total. The van der Waals surface area contributed by atoms with E-state index in [-0.39, 0.29) is 11.0 Å². The molecule has 1 saturated carbocycles. The number of fused-ring (bicyclic) bond motifs is 1. The first kappa shape index (κ1) is 24.6. The van der Waals surface area contributed by atoms with E-state index >= 15 is 0 Å². The molecular weight excluding hydrogens is 426 g/mol. The minimum atomic E-state index is -0.921. The third-order valence-electron chi connectivity index (χ3n) is 8.05. The highest BCUT2D eigenvalue weighted by molar-refractivity contribution is 5.87. The summed E-state index contributed by atoms with van der Waals surface area (Å²) in [5.41, 5.74) is 3.09. The normalized spacial score (nSPS) is 23.1. The van der Waals surface area contributed by atoms with Gasteiger partial charge in [0.05, 0.1) is 19.3 Å². The van der Waals surface area contributed by atoms with Gasteiger partial charge in [-0.25, -0.2) is 4.79 Å². The van der Waals surface area contributed by atoms with E-state index in [2.05, 4.69) is 43.9 Å². The lowest BCUT2D eigenvalue weighted by Gasteiger charge is -2.45. The van der Waals surface area contributed by atoms with E-state index in [1.807, 2.05) is 0 Å². The molecule has 0 bridgehead atoms. The van der Waals surface area contributed by atoms with E-state index in [4.69, 9.17) is 14.6 Å². The maximum absolute atomic E-state index is 11.1. The zero-order valence-electron chi connectivity index (χ0n) is 21.0. The molecule has 1 N–H and O–H groups in total. The van der Waals surface area contributed by atoms with Crippen LogP contribution in [0.1, 0.15) is 67.9 Å². The molecule has 0 unspecified atom stereocenters. The Kier molecular flexibility index (Phi) is 7.51. The van der Waals surface area contributed by atoms with Gasteiger partial charge in [-0.3, -0.25) is 0 Å². The van der Waals surface area contributed by atoms with Gasteiger partial charge in [-0.1, -0.05) is 19.9 Å². The van der Waals surface area contributed by atoms with Crippen LogP contribution < -0.4 is 9.47 Å². The Morgan fingerprint density at radius 3 is 2.47 bits per heavy atom. The number of carboxylic acid groups (broad SMARTS) is 1. The van der Waals surface area contributed by atoms with Gasteiger partial charge < -0.3 is 19.5 Å². The van der Waals surface area contributed by atoms with Gasteiger partial charge in [0.2, 0.25) is 0 Å². The van der Waals surface area contributed by atoms with Crippen molar-refractivity contribution in [3.8, 4) is 11.5 Å². The Morgan fingerprint density at radius 1 is 1.15 bits per heavy atom. The lowest BCUT2D eigenvalue weighted by atomic mass is 9.64. The molecule has 0 saturated heterocycles. The van der Waals surface area contributed by atoms with E-state index in [9.17, 15) is 4.79 Å². The molecule has 2 atom stereocenters. The first-order chi connectivity index (χ1) is 16.3. The average Bonchev–Trinajstić information content (AvgIpc) is 3.64. The highest BCUT2D eigenvalue weighted by Crippen LogP contribution is 2.45. The first-order valence-electron chi connectivity index (χ1n) is 12.7. The molecule has 0 amide bonds. The van der Waals surface area contributed by atoms with E-state index in [1.54, 1.807) is 31.4 Å². The number of benzene rings is 2. The number of aromatic carboxylic acids is 1. The standard InChI is InChI=1S/C29H39NO4/c1-20(2)29(14-16-34-25-10-7-23(8-11-25)28(31)32)13-15-30(19-22-5-6-22)21(3)17-24-9-12-26(33-4)18-27(24)29/h7-12,18,20-22H,5-6,13-17,19H2,1-4H3,(H,31,32)/t21-,29+/m0/s1. The van der Waals surface area contributed by atoms with E-state index in [0.29, 0.717) is 24.3 Å². The Hall–Kier alpha value is -2.53. The largest absolute Gasteiger partial charge is 0.497 e. The second kappa shape index (κ2) is 10.4. The summed E-state index contributed by atoms with van der Waals surface area (Å²) < 4.78 is 11.8. The maximum atomic E-state index is 11.1. The van der Waals surface area contributed by atoms with E-state index in [0.717, 1.165) is 37.5 Å². The van der Waals surface area contributed by atoms with Crippen molar-refractivity contribution in [2.45, 2.75) is 64.3 Å². The van der Waals surface area contributed by atoms with Crippen LogP contribution in [0.4, 0.5) is 0 Å². The topological polar surface area (TPSA) is 59.0 Å². The number of nitrogens with zero attached hydrogens (tertiary/aromatic N) is 1.